The van der Waals surface area contributed by atoms with Crippen LogP contribution in [0, 0.1) is 0 Å². The number of hydrogen-bond donors (Lipinski definition) is 3. The van der Waals surface area contributed by atoms with Crippen molar-refractivity contribution in [3.05, 3.63) is 34.9 Å². The summed E-state index contributed by atoms with van der Waals surface area (Å²) in [6.45, 7) is 1.23. The van der Waals surface area contributed by atoms with Crippen LogP contribution in [0.4, 0.5) is 0 Å². The molecule has 3 aliphatic rings. The molecule has 3 N–H and O–H groups in total. The fourth-order valence-corrected chi connectivity index (χ4v) is 5.40. The summed E-state index contributed by atoms with van der Waals surface area (Å²) in [5.41, 5.74) is 1.14. The average Bonchev–Trinajstić information content (AvgIpc) is 3.25. The SMILES string of the molecule is CS(=O)(=O)[C@@H]1CNC[C@H]1NCc1ccc2c(c1)C(=O)N(C1CCC(=O)NC1=O)C2=O. The number of benzene rings is 1. The second-order valence-electron chi connectivity index (χ2n) is 7.84. The Kier molecular flexibility index (Phi) is 5.20. The number of rotatable bonds is 5. The summed E-state index contributed by atoms with van der Waals surface area (Å²) < 4.78 is 23.8. The largest absolute Gasteiger partial charge is 0.314 e. The highest BCUT2D eigenvalue weighted by molar-refractivity contribution is 7.91. The first kappa shape index (κ1) is 20.6. The second kappa shape index (κ2) is 7.56. The van der Waals surface area contributed by atoms with Crippen LogP contribution in [0.25, 0.3) is 0 Å². The molecule has 0 spiro atoms. The molecule has 0 aromatic heterocycles. The van der Waals surface area contributed by atoms with Crippen LogP contribution >= 0.6 is 0 Å². The van der Waals surface area contributed by atoms with Crippen LogP contribution in [0.2, 0.25) is 0 Å². The summed E-state index contributed by atoms with van der Waals surface area (Å²) in [7, 11) is -3.20. The lowest BCUT2D eigenvalue weighted by atomic mass is 10.0. The lowest BCUT2D eigenvalue weighted by Gasteiger charge is -2.27. The quantitative estimate of drug-likeness (QED) is 0.479. The van der Waals surface area contributed by atoms with Crippen LogP contribution in [0.15, 0.2) is 18.2 Å². The topological polar surface area (TPSA) is 142 Å². The van der Waals surface area contributed by atoms with Gasteiger partial charge in [-0.3, -0.25) is 29.4 Å². The first-order chi connectivity index (χ1) is 14.2. The van der Waals surface area contributed by atoms with E-state index in [0.717, 1.165) is 10.5 Å². The molecule has 0 saturated carbocycles. The van der Waals surface area contributed by atoms with E-state index in [-0.39, 0.29) is 30.0 Å². The molecule has 2 fully saturated rings. The normalized spacial score (nSPS) is 26.8. The minimum atomic E-state index is -3.20. The summed E-state index contributed by atoms with van der Waals surface area (Å²) in [6.07, 6.45) is 1.38. The molecule has 1 aromatic carbocycles. The molecule has 4 amide bonds. The minimum Gasteiger partial charge on any atom is -0.314 e. The highest BCUT2D eigenvalue weighted by atomic mass is 32.2. The number of nitrogens with zero attached hydrogens (tertiary/aromatic N) is 1. The highest BCUT2D eigenvalue weighted by Gasteiger charge is 2.44. The number of sulfone groups is 1. The third kappa shape index (κ3) is 3.64. The number of carbonyl (C=O) groups is 4. The minimum absolute atomic E-state index is 0.0654. The van der Waals surface area contributed by atoms with Crippen molar-refractivity contribution in [2.24, 2.45) is 0 Å². The monoisotopic (exact) mass is 434 g/mol. The van der Waals surface area contributed by atoms with Crippen molar-refractivity contribution >= 4 is 33.5 Å². The molecule has 0 aliphatic carbocycles. The number of carbonyl (C=O) groups excluding carboxylic acids is 4. The van der Waals surface area contributed by atoms with E-state index in [1.807, 2.05) is 0 Å². The number of fused-ring (bicyclic) bond motifs is 1. The van der Waals surface area contributed by atoms with Gasteiger partial charge in [0.1, 0.15) is 6.04 Å². The molecule has 4 rings (SSSR count). The molecular weight excluding hydrogens is 412 g/mol. The smallest absolute Gasteiger partial charge is 0.262 e. The number of imide groups is 2. The van der Waals surface area contributed by atoms with Crippen LogP contribution in [0.3, 0.4) is 0 Å². The van der Waals surface area contributed by atoms with Crippen LogP contribution in [-0.2, 0) is 26.0 Å². The molecule has 10 nitrogen and oxygen atoms in total. The van der Waals surface area contributed by atoms with Gasteiger partial charge in [-0.1, -0.05) is 6.07 Å². The van der Waals surface area contributed by atoms with Gasteiger partial charge >= 0.3 is 0 Å². The first-order valence-electron chi connectivity index (χ1n) is 9.64. The Hall–Kier alpha value is -2.63. The van der Waals surface area contributed by atoms with Gasteiger partial charge in [-0.05, 0) is 24.1 Å². The predicted octanol–water partition coefficient (Wildman–Crippen LogP) is -1.44. The number of hydrogen-bond acceptors (Lipinski definition) is 8. The maximum Gasteiger partial charge on any atom is 0.262 e. The molecular formula is C19H22N4O6S. The molecule has 11 heteroatoms. The number of nitrogens with one attached hydrogen (secondary N) is 3. The van der Waals surface area contributed by atoms with E-state index in [2.05, 4.69) is 16.0 Å². The summed E-state index contributed by atoms with van der Waals surface area (Å²) >= 11 is 0. The lowest BCUT2D eigenvalue weighted by Crippen LogP contribution is -2.54. The maximum absolute atomic E-state index is 12.9. The molecule has 2 saturated heterocycles. The molecule has 160 valence electrons. The van der Waals surface area contributed by atoms with E-state index in [0.29, 0.717) is 19.6 Å². The van der Waals surface area contributed by atoms with Crippen molar-refractivity contribution in [2.75, 3.05) is 19.3 Å². The van der Waals surface area contributed by atoms with E-state index >= 15 is 0 Å². The molecule has 30 heavy (non-hydrogen) atoms. The van der Waals surface area contributed by atoms with Gasteiger partial charge in [-0.25, -0.2) is 8.42 Å². The zero-order valence-corrected chi connectivity index (χ0v) is 17.1. The summed E-state index contributed by atoms with van der Waals surface area (Å²) in [6, 6.07) is 3.57. The Bertz CT molecular complexity index is 1050. The Balaban J connectivity index is 1.50. The van der Waals surface area contributed by atoms with Gasteiger partial charge in [0.2, 0.25) is 11.8 Å². The fraction of sp³-hybridized carbons (Fsp3) is 0.474. The van der Waals surface area contributed by atoms with Crippen LogP contribution in [-0.4, -0.2) is 73.6 Å². The van der Waals surface area contributed by atoms with Crippen molar-refractivity contribution in [3.63, 3.8) is 0 Å². The maximum atomic E-state index is 12.9. The molecule has 1 aromatic rings. The average molecular weight is 434 g/mol. The van der Waals surface area contributed by atoms with Gasteiger partial charge in [0.15, 0.2) is 9.84 Å². The zero-order chi connectivity index (χ0) is 21.6. The molecule has 3 heterocycles. The Morgan fingerprint density at radius 2 is 1.83 bits per heavy atom. The van der Waals surface area contributed by atoms with E-state index < -0.39 is 44.8 Å². The van der Waals surface area contributed by atoms with Crippen LogP contribution in [0.1, 0.15) is 39.1 Å². The standard InChI is InChI=1S/C19H22N4O6S/c1-30(28,29)15-9-20-8-13(15)21-7-10-2-3-11-12(6-10)19(27)23(18(11)26)14-4-5-16(24)22-17(14)25/h2-3,6,13-15,20-21H,4-5,7-9H2,1H3,(H,22,24,25)/t13-,14?,15-/m1/s1. The van der Waals surface area contributed by atoms with Gasteiger partial charge in [0.25, 0.3) is 11.8 Å². The van der Waals surface area contributed by atoms with Crippen LogP contribution in [0.5, 0.6) is 0 Å². The van der Waals surface area contributed by atoms with E-state index in [4.69, 9.17) is 0 Å². The van der Waals surface area contributed by atoms with Gasteiger partial charge in [-0.2, -0.15) is 0 Å². The lowest BCUT2D eigenvalue weighted by molar-refractivity contribution is -0.136. The Morgan fingerprint density at radius 1 is 1.10 bits per heavy atom. The molecule has 0 bridgehead atoms. The third-order valence-electron chi connectivity index (χ3n) is 5.78. The Labute approximate surface area is 173 Å². The third-order valence-corrected chi connectivity index (χ3v) is 7.38. The number of amides is 4. The first-order valence-corrected chi connectivity index (χ1v) is 11.6. The molecule has 3 atom stereocenters. The predicted molar refractivity (Wildman–Crippen MR) is 105 cm³/mol. The highest BCUT2D eigenvalue weighted by Crippen LogP contribution is 2.28. The Morgan fingerprint density at radius 3 is 2.53 bits per heavy atom. The molecule has 0 radical (unpaired) electrons. The summed E-state index contributed by atoms with van der Waals surface area (Å²) in [4.78, 5) is 50.0. The molecule has 1 unspecified atom stereocenters. The van der Waals surface area contributed by atoms with Crippen molar-refractivity contribution < 1.29 is 27.6 Å². The second-order valence-corrected chi connectivity index (χ2v) is 10.1. The number of piperidine rings is 1. The fourth-order valence-electron chi connectivity index (χ4n) is 4.19. The van der Waals surface area contributed by atoms with E-state index in [9.17, 15) is 27.6 Å². The zero-order valence-electron chi connectivity index (χ0n) is 16.3. The van der Waals surface area contributed by atoms with E-state index in [1.54, 1.807) is 18.2 Å². The van der Waals surface area contributed by atoms with Gasteiger partial charge < -0.3 is 10.6 Å². The summed E-state index contributed by atoms with van der Waals surface area (Å²) in [5, 5.41) is 7.90. The van der Waals surface area contributed by atoms with E-state index in [1.165, 1.54) is 6.26 Å². The van der Waals surface area contributed by atoms with Gasteiger partial charge in [-0.15, -0.1) is 0 Å². The van der Waals surface area contributed by atoms with Gasteiger partial charge in [0, 0.05) is 38.4 Å². The van der Waals surface area contributed by atoms with Gasteiger partial charge in [0.05, 0.1) is 16.4 Å². The van der Waals surface area contributed by atoms with Crippen molar-refractivity contribution in [1.29, 1.82) is 0 Å². The summed E-state index contributed by atoms with van der Waals surface area (Å²) in [5.74, 6) is -2.19. The van der Waals surface area contributed by atoms with Crippen LogP contribution < -0.4 is 16.0 Å². The van der Waals surface area contributed by atoms with Crippen molar-refractivity contribution in [3.8, 4) is 0 Å². The molecule has 3 aliphatic heterocycles. The van der Waals surface area contributed by atoms with Crippen molar-refractivity contribution in [1.82, 2.24) is 20.9 Å². The van der Waals surface area contributed by atoms with Crippen molar-refractivity contribution in [2.45, 2.75) is 36.7 Å².